The number of halogens is 2. The second-order valence-electron chi connectivity index (χ2n) is 7.55. The number of piperidine rings is 1. The van der Waals surface area contributed by atoms with Crippen molar-refractivity contribution in [2.45, 2.75) is 70.0 Å². The lowest BCUT2D eigenvalue weighted by Gasteiger charge is -2.31. The maximum absolute atomic E-state index is 12.4. The van der Waals surface area contributed by atoms with E-state index >= 15 is 0 Å². The number of nitrogens with one attached hydrogen (secondary N) is 1. The molecule has 0 unspecified atom stereocenters. The van der Waals surface area contributed by atoms with E-state index in [0.29, 0.717) is 6.54 Å². The Kier molecular flexibility index (Phi) is 9.94. The lowest BCUT2D eigenvalue weighted by atomic mass is 9.82. The predicted octanol–water partition coefficient (Wildman–Crippen LogP) is 3.79. The van der Waals surface area contributed by atoms with Crippen molar-refractivity contribution in [1.82, 2.24) is 10.2 Å². The SMILES string of the molecule is Cl.Cl.NC1(C(=O)NCc2ccc(CN3CCCCC3)cc2)CCCCC1. The van der Waals surface area contributed by atoms with Crippen molar-refractivity contribution in [3.8, 4) is 0 Å². The van der Waals surface area contributed by atoms with E-state index in [4.69, 9.17) is 5.73 Å². The minimum atomic E-state index is -0.646. The van der Waals surface area contributed by atoms with Crippen molar-refractivity contribution in [2.75, 3.05) is 13.1 Å². The smallest absolute Gasteiger partial charge is 0.240 e. The Bertz CT molecular complexity index is 538. The van der Waals surface area contributed by atoms with Crippen LogP contribution in [-0.2, 0) is 17.9 Å². The van der Waals surface area contributed by atoms with E-state index in [1.54, 1.807) is 0 Å². The van der Waals surface area contributed by atoms with Crippen LogP contribution in [0.25, 0.3) is 0 Å². The standard InChI is InChI=1S/C20H31N3O.2ClH/c21-20(11-3-1-4-12-20)19(24)22-15-17-7-9-18(10-8-17)16-23-13-5-2-6-14-23;;/h7-10H,1-6,11-16,21H2,(H,22,24);2*1H. The summed E-state index contributed by atoms with van der Waals surface area (Å²) in [7, 11) is 0. The molecule has 1 saturated heterocycles. The number of hydrogen-bond donors (Lipinski definition) is 2. The summed E-state index contributed by atoms with van der Waals surface area (Å²) in [6.45, 7) is 4.05. The number of amides is 1. The highest BCUT2D eigenvalue weighted by Crippen LogP contribution is 2.26. The van der Waals surface area contributed by atoms with Crippen molar-refractivity contribution >= 4 is 30.7 Å². The van der Waals surface area contributed by atoms with Crippen LogP contribution in [0.2, 0.25) is 0 Å². The number of nitrogens with zero attached hydrogens (tertiary/aromatic N) is 1. The number of nitrogens with two attached hydrogens (primary N) is 1. The molecule has 3 rings (SSSR count). The zero-order chi connectivity index (χ0) is 16.8. The second kappa shape index (κ2) is 11.1. The largest absolute Gasteiger partial charge is 0.350 e. The lowest BCUT2D eigenvalue weighted by molar-refractivity contribution is -0.127. The minimum Gasteiger partial charge on any atom is -0.350 e. The fraction of sp³-hybridized carbons (Fsp3) is 0.650. The summed E-state index contributed by atoms with van der Waals surface area (Å²) in [5.74, 6) is 0.0135. The van der Waals surface area contributed by atoms with E-state index in [1.807, 2.05) is 0 Å². The molecule has 148 valence electrons. The van der Waals surface area contributed by atoms with Crippen molar-refractivity contribution < 1.29 is 4.79 Å². The molecule has 4 nitrogen and oxygen atoms in total. The van der Waals surface area contributed by atoms with Gasteiger partial charge in [0.15, 0.2) is 0 Å². The molecule has 3 N–H and O–H groups in total. The van der Waals surface area contributed by atoms with Crippen LogP contribution in [0.15, 0.2) is 24.3 Å². The van der Waals surface area contributed by atoms with Gasteiger partial charge in [-0.1, -0.05) is 49.9 Å². The molecule has 1 aliphatic heterocycles. The summed E-state index contributed by atoms with van der Waals surface area (Å²) >= 11 is 0. The van der Waals surface area contributed by atoms with Crippen molar-refractivity contribution in [3.05, 3.63) is 35.4 Å². The van der Waals surface area contributed by atoms with Crippen LogP contribution in [0.4, 0.5) is 0 Å². The number of hydrogen-bond acceptors (Lipinski definition) is 3. The molecule has 1 aromatic rings. The van der Waals surface area contributed by atoms with E-state index < -0.39 is 5.54 Å². The van der Waals surface area contributed by atoms with Crippen LogP contribution in [0.5, 0.6) is 0 Å². The second-order valence-corrected chi connectivity index (χ2v) is 7.55. The van der Waals surface area contributed by atoms with E-state index in [-0.39, 0.29) is 30.7 Å². The van der Waals surface area contributed by atoms with Gasteiger partial charge in [0.2, 0.25) is 5.91 Å². The quantitative estimate of drug-likeness (QED) is 0.788. The maximum Gasteiger partial charge on any atom is 0.240 e. The first-order valence-electron chi connectivity index (χ1n) is 9.53. The Labute approximate surface area is 170 Å². The molecule has 1 aliphatic carbocycles. The van der Waals surface area contributed by atoms with Gasteiger partial charge in [0, 0.05) is 13.1 Å². The third-order valence-electron chi connectivity index (χ3n) is 5.53. The molecule has 1 heterocycles. The molecular weight excluding hydrogens is 369 g/mol. The fourth-order valence-electron chi connectivity index (χ4n) is 3.91. The van der Waals surface area contributed by atoms with Crippen LogP contribution in [0.1, 0.15) is 62.5 Å². The molecule has 2 aliphatic rings. The van der Waals surface area contributed by atoms with Crippen LogP contribution in [-0.4, -0.2) is 29.4 Å². The van der Waals surface area contributed by atoms with Gasteiger partial charge in [-0.3, -0.25) is 9.69 Å². The van der Waals surface area contributed by atoms with Gasteiger partial charge in [-0.05, 0) is 49.9 Å². The molecule has 1 amide bonds. The van der Waals surface area contributed by atoms with E-state index in [1.165, 1.54) is 44.3 Å². The van der Waals surface area contributed by atoms with Crippen LogP contribution < -0.4 is 11.1 Å². The van der Waals surface area contributed by atoms with E-state index in [2.05, 4.69) is 34.5 Å². The van der Waals surface area contributed by atoms with Gasteiger partial charge in [-0.15, -0.1) is 24.8 Å². The summed E-state index contributed by atoms with van der Waals surface area (Å²) in [4.78, 5) is 14.9. The van der Waals surface area contributed by atoms with Crippen LogP contribution in [0.3, 0.4) is 0 Å². The molecule has 26 heavy (non-hydrogen) atoms. The normalized spacial score (nSPS) is 19.7. The highest BCUT2D eigenvalue weighted by Gasteiger charge is 2.34. The summed E-state index contributed by atoms with van der Waals surface area (Å²) in [5, 5.41) is 3.04. The topological polar surface area (TPSA) is 58.4 Å². The molecular formula is C20H33Cl2N3O. The molecule has 0 atom stereocenters. The molecule has 2 fully saturated rings. The molecule has 1 saturated carbocycles. The lowest BCUT2D eigenvalue weighted by Crippen LogP contribution is -2.54. The molecule has 1 aromatic carbocycles. The Hall–Kier alpha value is -0.810. The number of benzene rings is 1. The Morgan fingerprint density at radius 1 is 0.923 bits per heavy atom. The number of carbonyl (C=O) groups is 1. The third-order valence-corrected chi connectivity index (χ3v) is 5.53. The van der Waals surface area contributed by atoms with Crippen LogP contribution in [0, 0.1) is 0 Å². The third kappa shape index (κ3) is 6.41. The highest BCUT2D eigenvalue weighted by molar-refractivity contribution is 5.86. The maximum atomic E-state index is 12.4. The average Bonchev–Trinajstić information content (AvgIpc) is 2.62. The molecule has 0 spiro atoms. The Morgan fingerprint density at radius 3 is 2.08 bits per heavy atom. The first-order chi connectivity index (χ1) is 11.7. The van der Waals surface area contributed by atoms with Crippen molar-refractivity contribution in [1.29, 1.82) is 0 Å². The van der Waals surface area contributed by atoms with Gasteiger partial charge in [-0.25, -0.2) is 0 Å². The Morgan fingerprint density at radius 2 is 1.46 bits per heavy atom. The van der Waals surface area contributed by atoms with Crippen LogP contribution >= 0.6 is 24.8 Å². The minimum absolute atomic E-state index is 0. The van der Waals surface area contributed by atoms with Crippen molar-refractivity contribution in [3.63, 3.8) is 0 Å². The zero-order valence-electron chi connectivity index (χ0n) is 15.5. The summed E-state index contributed by atoms with van der Waals surface area (Å²) in [6, 6.07) is 8.64. The first-order valence-corrected chi connectivity index (χ1v) is 9.53. The summed E-state index contributed by atoms with van der Waals surface area (Å²) < 4.78 is 0. The van der Waals surface area contributed by atoms with E-state index in [0.717, 1.165) is 37.8 Å². The number of carbonyl (C=O) groups excluding carboxylic acids is 1. The first kappa shape index (κ1) is 23.2. The molecule has 0 bridgehead atoms. The highest BCUT2D eigenvalue weighted by atomic mass is 35.5. The monoisotopic (exact) mass is 401 g/mol. The molecule has 0 aromatic heterocycles. The van der Waals surface area contributed by atoms with Gasteiger partial charge in [-0.2, -0.15) is 0 Å². The number of likely N-dealkylation sites (tertiary alicyclic amines) is 1. The zero-order valence-corrected chi connectivity index (χ0v) is 17.2. The van der Waals surface area contributed by atoms with E-state index in [9.17, 15) is 4.79 Å². The van der Waals surface area contributed by atoms with Gasteiger partial charge < -0.3 is 11.1 Å². The van der Waals surface area contributed by atoms with Gasteiger partial charge >= 0.3 is 0 Å². The molecule has 6 heteroatoms. The van der Waals surface area contributed by atoms with Crippen molar-refractivity contribution in [2.24, 2.45) is 5.73 Å². The number of rotatable bonds is 5. The van der Waals surface area contributed by atoms with Gasteiger partial charge in [0.25, 0.3) is 0 Å². The predicted molar refractivity (Wildman–Crippen MR) is 112 cm³/mol. The fourth-order valence-corrected chi connectivity index (χ4v) is 3.91. The Balaban J connectivity index is 0.00000169. The summed E-state index contributed by atoms with van der Waals surface area (Å²) in [5.41, 5.74) is 8.13. The molecule has 0 radical (unpaired) electrons. The summed E-state index contributed by atoms with van der Waals surface area (Å²) in [6.07, 6.45) is 8.98. The van der Waals surface area contributed by atoms with Gasteiger partial charge in [0.1, 0.15) is 0 Å². The average molecular weight is 402 g/mol. The van der Waals surface area contributed by atoms with Gasteiger partial charge in [0.05, 0.1) is 5.54 Å².